The number of likely N-dealkylation sites (N-methyl/N-ethyl adjacent to an activating group) is 1. The normalized spacial score (nSPS) is 37.5. The van der Waals surface area contributed by atoms with E-state index in [2.05, 4.69) is 55.3 Å². The van der Waals surface area contributed by atoms with Gasteiger partial charge < -0.3 is 4.90 Å². The summed E-state index contributed by atoms with van der Waals surface area (Å²) in [6, 6.07) is 0. The molecule has 0 bridgehead atoms. The van der Waals surface area contributed by atoms with Crippen molar-refractivity contribution in [1.29, 1.82) is 0 Å². The Bertz CT molecular complexity index is 262. The molecule has 12 heavy (non-hydrogen) atoms. The van der Waals surface area contributed by atoms with Crippen molar-refractivity contribution in [1.82, 2.24) is 4.90 Å². The standard InChI is InChI=1S/C11H15N/c1-3-12-9-7-10-6-4-5-8-11(10,12)2/h4-10H,3H2,1-2H3. The summed E-state index contributed by atoms with van der Waals surface area (Å²) in [4.78, 5) is 2.39. The molecule has 0 aromatic heterocycles. The Hall–Kier alpha value is -0.980. The average Bonchev–Trinajstić information content (AvgIpc) is 2.41. The van der Waals surface area contributed by atoms with Gasteiger partial charge in [0, 0.05) is 12.5 Å². The second kappa shape index (κ2) is 2.51. The first-order chi connectivity index (χ1) is 5.77. The number of allylic oxidation sites excluding steroid dienone is 2. The Morgan fingerprint density at radius 1 is 1.33 bits per heavy atom. The molecule has 64 valence electrons. The predicted octanol–water partition coefficient (Wildman–Crippen LogP) is 2.34. The molecule has 0 aromatic carbocycles. The van der Waals surface area contributed by atoms with Crippen molar-refractivity contribution < 1.29 is 0 Å². The maximum atomic E-state index is 2.39. The van der Waals surface area contributed by atoms with E-state index in [0.29, 0.717) is 5.92 Å². The molecule has 1 aliphatic carbocycles. The second-order valence-corrected chi connectivity index (χ2v) is 3.62. The van der Waals surface area contributed by atoms with Crippen molar-refractivity contribution in [3.63, 3.8) is 0 Å². The van der Waals surface area contributed by atoms with Crippen LogP contribution in [0.5, 0.6) is 0 Å². The van der Waals surface area contributed by atoms with E-state index in [1.165, 1.54) is 0 Å². The summed E-state index contributed by atoms with van der Waals surface area (Å²) >= 11 is 0. The van der Waals surface area contributed by atoms with Crippen LogP contribution in [0.4, 0.5) is 0 Å². The van der Waals surface area contributed by atoms with Crippen molar-refractivity contribution in [3.8, 4) is 0 Å². The van der Waals surface area contributed by atoms with Gasteiger partial charge in [-0.25, -0.2) is 0 Å². The number of hydrogen-bond acceptors (Lipinski definition) is 1. The van der Waals surface area contributed by atoms with E-state index < -0.39 is 0 Å². The van der Waals surface area contributed by atoms with Crippen molar-refractivity contribution >= 4 is 0 Å². The van der Waals surface area contributed by atoms with E-state index in [4.69, 9.17) is 0 Å². The van der Waals surface area contributed by atoms with Gasteiger partial charge in [-0.1, -0.05) is 30.4 Å². The fraction of sp³-hybridized carbons (Fsp3) is 0.455. The summed E-state index contributed by atoms with van der Waals surface area (Å²) in [6.45, 7) is 5.58. The summed E-state index contributed by atoms with van der Waals surface area (Å²) < 4.78 is 0. The summed E-state index contributed by atoms with van der Waals surface area (Å²) in [5, 5.41) is 0. The van der Waals surface area contributed by atoms with Crippen LogP contribution in [0.1, 0.15) is 13.8 Å². The monoisotopic (exact) mass is 161 g/mol. The minimum atomic E-state index is 0.212. The third-order valence-electron chi connectivity index (χ3n) is 2.97. The Kier molecular flexibility index (Phi) is 1.60. The van der Waals surface area contributed by atoms with Crippen LogP contribution < -0.4 is 0 Å². The second-order valence-electron chi connectivity index (χ2n) is 3.62. The molecule has 1 nitrogen and oxygen atoms in total. The highest BCUT2D eigenvalue weighted by molar-refractivity contribution is 5.31. The van der Waals surface area contributed by atoms with Crippen LogP contribution in [0.25, 0.3) is 0 Å². The minimum absolute atomic E-state index is 0.212. The number of rotatable bonds is 1. The van der Waals surface area contributed by atoms with Gasteiger partial charge in [-0.15, -0.1) is 0 Å². The first-order valence-electron chi connectivity index (χ1n) is 4.58. The summed E-state index contributed by atoms with van der Waals surface area (Å²) in [5.74, 6) is 0.572. The third-order valence-corrected chi connectivity index (χ3v) is 2.97. The van der Waals surface area contributed by atoms with Crippen LogP contribution in [0, 0.1) is 5.92 Å². The van der Waals surface area contributed by atoms with Crippen molar-refractivity contribution in [2.45, 2.75) is 19.4 Å². The molecule has 0 amide bonds. The van der Waals surface area contributed by atoms with Crippen LogP contribution in [0.3, 0.4) is 0 Å². The molecule has 0 aromatic rings. The molecule has 0 radical (unpaired) electrons. The zero-order valence-electron chi connectivity index (χ0n) is 7.70. The number of hydrogen-bond donors (Lipinski definition) is 0. The summed E-state index contributed by atoms with van der Waals surface area (Å²) in [7, 11) is 0. The van der Waals surface area contributed by atoms with Crippen LogP contribution in [0.2, 0.25) is 0 Å². The van der Waals surface area contributed by atoms with Gasteiger partial charge in [0.2, 0.25) is 0 Å². The molecule has 2 aliphatic rings. The van der Waals surface area contributed by atoms with Gasteiger partial charge >= 0.3 is 0 Å². The lowest BCUT2D eigenvalue weighted by atomic mass is 9.83. The molecule has 1 aliphatic heterocycles. The highest BCUT2D eigenvalue weighted by Crippen LogP contribution is 2.36. The van der Waals surface area contributed by atoms with Crippen LogP contribution in [-0.4, -0.2) is 17.0 Å². The maximum Gasteiger partial charge on any atom is 0.0651 e. The Balaban J connectivity index is 2.32. The fourth-order valence-corrected chi connectivity index (χ4v) is 2.09. The predicted molar refractivity (Wildman–Crippen MR) is 51.7 cm³/mol. The topological polar surface area (TPSA) is 3.24 Å². The minimum Gasteiger partial charge on any atom is -0.368 e. The van der Waals surface area contributed by atoms with Crippen molar-refractivity contribution in [2.75, 3.05) is 6.54 Å². The van der Waals surface area contributed by atoms with E-state index in [1.807, 2.05) is 0 Å². The molecule has 1 heterocycles. The van der Waals surface area contributed by atoms with E-state index >= 15 is 0 Å². The van der Waals surface area contributed by atoms with E-state index in [9.17, 15) is 0 Å². The first kappa shape index (κ1) is 7.66. The molecule has 0 saturated carbocycles. The lowest BCUT2D eigenvalue weighted by Gasteiger charge is -2.38. The maximum absolute atomic E-state index is 2.39. The third kappa shape index (κ3) is 0.857. The van der Waals surface area contributed by atoms with E-state index in [-0.39, 0.29) is 5.54 Å². The van der Waals surface area contributed by atoms with Gasteiger partial charge in [0.05, 0.1) is 5.54 Å². The quantitative estimate of drug-likeness (QED) is 0.570. The van der Waals surface area contributed by atoms with Gasteiger partial charge in [0.15, 0.2) is 0 Å². The van der Waals surface area contributed by atoms with Gasteiger partial charge in [-0.2, -0.15) is 0 Å². The highest BCUT2D eigenvalue weighted by atomic mass is 15.2. The van der Waals surface area contributed by atoms with Gasteiger partial charge in [0.1, 0.15) is 0 Å². The van der Waals surface area contributed by atoms with Crippen LogP contribution in [-0.2, 0) is 0 Å². The van der Waals surface area contributed by atoms with Crippen molar-refractivity contribution in [3.05, 3.63) is 36.6 Å². The largest absolute Gasteiger partial charge is 0.368 e. The van der Waals surface area contributed by atoms with E-state index in [1.54, 1.807) is 0 Å². The van der Waals surface area contributed by atoms with Gasteiger partial charge in [-0.3, -0.25) is 0 Å². The highest BCUT2D eigenvalue weighted by Gasteiger charge is 2.37. The molecule has 2 atom stereocenters. The molecule has 0 saturated heterocycles. The van der Waals surface area contributed by atoms with Gasteiger partial charge in [-0.05, 0) is 20.0 Å². The first-order valence-corrected chi connectivity index (χ1v) is 4.58. The van der Waals surface area contributed by atoms with Crippen molar-refractivity contribution in [2.24, 2.45) is 5.92 Å². The summed E-state index contributed by atoms with van der Waals surface area (Å²) in [5.41, 5.74) is 0.212. The lowest BCUT2D eigenvalue weighted by Crippen LogP contribution is -2.43. The molecule has 1 heteroatoms. The molecule has 2 unspecified atom stereocenters. The molecule has 0 spiro atoms. The summed E-state index contributed by atoms with van der Waals surface area (Å²) in [6.07, 6.45) is 13.3. The molecule has 2 rings (SSSR count). The number of nitrogens with zero attached hydrogens (tertiary/aromatic N) is 1. The zero-order chi connectivity index (χ0) is 8.60. The molecular formula is C11H15N. The smallest absolute Gasteiger partial charge is 0.0651 e. The average molecular weight is 161 g/mol. The zero-order valence-corrected chi connectivity index (χ0v) is 7.70. The molecular weight excluding hydrogens is 146 g/mol. The number of fused-ring (bicyclic) bond motifs is 1. The lowest BCUT2D eigenvalue weighted by molar-refractivity contribution is 0.220. The Labute approximate surface area is 74.1 Å². The van der Waals surface area contributed by atoms with Crippen LogP contribution in [0.15, 0.2) is 36.6 Å². The van der Waals surface area contributed by atoms with E-state index in [0.717, 1.165) is 6.54 Å². The fourth-order valence-electron chi connectivity index (χ4n) is 2.09. The van der Waals surface area contributed by atoms with Crippen LogP contribution >= 0.6 is 0 Å². The molecule has 0 N–H and O–H groups in total. The van der Waals surface area contributed by atoms with Gasteiger partial charge in [0.25, 0.3) is 0 Å². The Morgan fingerprint density at radius 3 is 2.92 bits per heavy atom. The molecule has 0 fully saturated rings. The Morgan fingerprint density at radius 2 is 2.17 bits per heavy atom. The SMILES string of the molecule is CCN1C=CC2C=CC=CC21C.